The minimum Gasteiger partial charge on any atom is -0.497 e. The molecule has 1 saturated heterocycles. The summed E-state index contributed by atoms with van der Waals surface area (Å²) in [5.74, 6) is 0.973. The van der Waals surface area contributed by atoms with Gasteiger partial charge in [0.05, 0.1) is 30.5 Å². The first-order valence-electron chi connectivity index (χ1n) is 10.6. The third-order valence-corrected chi connectivity index (χ3v) is 5.81. The van der Waals surface area contributed by atoms with Gasteiger partial charge in [-0.05, 0) is 35.7 Å². The fourth-order valence-corrected chi connectivity index (χ4v) is 4.32. The van der Waals surface area contributed by atoms with Gasteiger partial charge in [-0.2, -0.15) is 0 Å². The molecule has 0 N–H and O–H groups in total. The number of carbonyl (C=O) groups is 2. The van der Waals surface area contributed by atoms with Crippen molar-refractivity contribution in [3.63, 3.8) is 0 Å². The van der Waals surface area contributed by atoms with E-state index in [4.69, 9.17) is 4.74 Å². The lowest BCUT2D eigenvalue weighted by molar-refractivity contribution is 0.0642. The monoisotopic (exact) mass is 407 g/mol. The molecular weight excluding hydrogens is 378 g/mol. The van der Waals surface area contributed by atoms with Gasteiger partial charge in [-0.25, -0.2) is 0 Å². The molecule has 2 aliphatic heterocycles. The van der Waals surface area contributed by atoms with Crippen LogP contribution < -0.4 is 9.64 Å². The van der Waals surface area contributed by atoms with E-state index in [-0.39, 0.29) is 18.4 Å². The summed E-state index contributed by atoms with van der Waals surface area (Å²) in [5, 5.41) is 0. The molecule has 6 nitrogen and oxygen atoms in total. The predicted molar refractivity (Wildman–Crippen MR) is 117 cm³/mol. The lowest BCUT2D eigenvalue weighted by Crippen LogP contribution is -2.47. The van der Waals surface area contributed by atoms with Crippen LogP contribution in [0.2, 0.25) is 0 Å². The molecule has 0 radical (unpaired) electrons. The van der Waals surface area contributed by atoms with Gasteiger partial charge in [0.2, 0.25) is 0 Å². The molecule has 158 valence electrons. The Kier molecular flexibility index (Phi) is 5.77. The Morgan fingerprint density at radius 3 is 2.27 bits per heavy atom. The SMILES string of the molecule is COc1ccc(CN2C(=O)c3cccc(N4CCN(CC(C)C)CC4)c3C2=O)cc1. The summed E-state index contributed by atoms with van der Waals surface area (Å²) in [6, 6.07) is 13.1. The van der Waals surface area contributed by atoms with Crippen molar-refractivity contribution in [2.24, 2.45) is 5.92 Å². The second-order valence-corrected chi connectivity index (χ2v) is 8.43. The number of nitrogens with zero attached hydrogens (tertiary/aromatic N) is 3. The topological polar surface area (TPSA) is 53.1 Å². The van der Waals surface area contributed by atoms with E-state index < -0.39 is 0 Å². The van der Waals surface area contributed by atoms with Crippen molar-refractivity contribution in [3.8, 4) is 5.75 Å². The molecule has 0 spiro atoms. The molecule has 0 unspecified atom stereocenters. The van der Waals surface area contributed by atoms with Crippen LogP contribution in [0.4, 0.5) is 5.69 Å². The highest BCUT2D eigenvalue weighted by Gasteiger charge is 2.38. The fourth-order valence-electron chi connectivity index (χ4n) is 4.32. The number of rotatable bonds is 6. The molecule has 0 aromatic heterocycles. The maximum Gasteiger partial charge on any atom is 0.263 e. The van der Waals surface area contributed by atoms with Crippen LogP contribution in [0.5, 0.6) is 5.75 Å². The Balaban J connectivity index is 1.53. The first-order chi connectivity index (χ1) is 14.5. The normalized spacial score (nSPS) is 17.1. The molecule has 6 heteroatoms. The number of imide groups is 1. The third kappa shape index (κ3) is 3.92. The molecule has 2 aromatic rings. The standard InChI is InChI=1S/C24H29N3O3/c1-17(2)15-25-11-13-26(14-12-25)21-6-4-5-20-22(21)24(29)27(23(20)28)16-18-7-9-19(30-3)10-8-18/h4-10,17H,11-16H2,1-3H3. The minimum absolute atomic E-state index is 0.203. The highest BCUT2D eigenvalue weighted by atomic mass is 16.5. The zero-order valence-corrected chi connectivity index (χ0v) is 17.9. The van der Waals surface area contributed by atoms with E-state index in [0.29, 0.717) is 17.0 Å². The van der Waals surface area contributed by atoms with E-state index in [2.05, 4.69) is 23.6 Å². The van der Waals surface area contributed by atoms with Crippen LogP contribution in [0.25, 0.3) is 0 Å². The van der Waals surface area contributed by atoms with Crippen LogP contribution >= 0.6 is 0 Å². The molecule has 0 bridgehead atoms. The maximum absolute atomic E-state index is 13.3. The Hall–Kier alpha value is -2.86. The van der Waals surface area contributed by atoms with Crippen LogP contribution in [0.15, 0.2) is 42.5 Å². The zero-order valence-electron chi connectivity index (χ0n) is 17.9. The molecule has 0 aliphatic carbocycles. The highest BCUT2D eigenvalue weighted by Crippen LogP contribution is 2.33. The van der Waals surface area contributed by atoms with E-state index in [0.717, 1.165) is 49.7 Å². The van der Waals surface area contributed by atoms with Gasteiger partial charge < -0.3 is 9.64 Å². The summed E-state index contributed by atoms with van der Waals surface area (Å²) >= 11 is 0. The van der Waals surface area contributed by atoms with Gasteiger partial charge in [-0.3, -0.25) is 19.4 Å². The molecule has 2 aromatic carbocycles. The van der Waals surface area contributed by atoms with Crippen LogP contribution in [0.1, 0.15) is 40.1 Å². The summed E-state index contributed by atoms with van der Waals surface area (Å²) in [7, 11) is 1.61. The number of amides is 2. The van der Waals surface area contributed by atoms with E-state index in [1.807, 2.05) is 36.4 Å². The summed E-state index contributed by atoms with van der Waals surface area (Å²) in [5.41, 5.74) is 2.84. The van der Waals surface area contributed by atoms with Gasteiger partial charge in [0.15, 0.2) is 0 Å². The maximum atomic E-state index is 13.3. The van der Waals surface area contributed by atoms with Gasteiger partial charge >= 0.3 is 0 Å². The number of hydrogen-bond acceptors (Lipinski definition) is 5. The van der Waals surface area contributed by atoms with Crippen molar-refractivity contribution in [2.75, 3.05) is 44.7 Å². The molecular formula is C24H29N3O3. The second-order valence-electron chi connectivity index (χ2n) is 8.43. The van der Waals surface area contributed by atoms with Gasteiger partial charge in [0.25, 0.3) is 11.8 Å². The first-order valence-corrected chi connectivity index (χ1v) is 10.6. The number of ether oxygens (including phenoxy) is 1. The van der Waals surface area contributed by atoms with Crippen molar-refractivity contribution in [3.05, 3.63) is 59.2 Å². The van der Waals surface area contributed by atoms with Gasteiger partial charge in [0.1, 0.15) is 5.75 Å². The predicted octanol–water partition coefficient (Wildman–Crippen LogP) is 3.27. The van der Waals surface area contributed by atoms with E-state index in [1.54, 1.807) is 13.2 Å². The minimum atomic E-state index is -0.217. The number of anilines is 1. The van der Waals surface area contributed by atoms with Crippen molar-refractivity contribution < 1.29 is 14.3 Å². The molecule has 2 aliphatic rings. The smallest absolute Gasteiger partial charge is 0.263 e. The van der Waals surface area contributed by atoms with Gasteiger partial charge in [-0.15, -0.1) is 0 Å². The highest BCUT2D eigenvalue weighted by molar-refractivity contribution is 6.23. The quantitative estimate of drug-likeness (QED) is 0.688. The van der Waals surface area contributed by atoms with Crippen LogP contribution in [0.3, 0.4) is 0 Å². The number of fused-ring (bicyclic) bond motifs is 1. The Morgan fingerprint density at radius 1 is 0.933 bits per heavy atom. The molecule has 1 fully saturated rings. The van der Waals surface area contributed by atoms with Crippen LogP contribution in [-0.4, -0.2) is 61.4 Å². The van der Waals surface area contributed by atoms with Crippen LogP contribution in [0, 0.1) is 5.92 Å². The lowest BCUT2D eigenvalue weighted by Gasteiger charge is -2.37. The van der Waals surface area contributed by atoms with Gasteiger partial charge in [-0.1, -0.05) is 32.0 Å². The van der Waals surface area contributed by atoms with E-state index in [1.165, 1.54) is 4.90 Å². The van der Waals surface area contributed by atoms with Crippen molar-refractivity contribution in [1.82, 2.24) is 9.80 Å². The van der Waals surface area contributed by atoms with E-state index in [9.17, 15) is 9.59 Å². The molecule has 2 amide bonds. The molecule has 30 heavy (non-hydrogen) atoms. The zero-order chi connectivity index (χ0) is 21.3. The summed E-state index contributed by atoms with van der Waals surface area (Å²) in [4.78, 5) is 32.3. The van der Waals surface area contributed by atoms with Crippen LogP contribution in [-0.2, 0) is 6.54 Å². The average Bonchev–Trinajstić information content (AvgIpc) is 2.99. The van der Waals surface area contributed by atoms with Crippen molar-refractivity contribution >= 4 is 17.5 Å². The van der Waals surface area contributed by atoms with Crippen molar-refractivity contribution in [1.29, 1.82) is 0 Å². The number of piperazine rings is 1. The fraction of sp³-hybridized carbons (Fsp3) is 0.417. The second kappa shape index (κ2) is 8.48. The third-order valence-electron chi connectivity index (χ3n) is 5.81. The Labute approximate surface area is 178 Å². The number of methoxy groups -OCH3 is 1. The van der Waals surface area contributed by atoms with Gasteiger partial charge in [0, 0.05) is 32.7 Å². The Morgan fingerprint density at radius 2 is 1.63 bits per heavy atom. The summed E-state index contributed by atoms with van der Waals surface area (Å²) < 4.78 is 5.19. The first kappa shape index (κ1) is 20.4. The molecule has 4 rings (SSSR count). The average molecular weight is 408 g/mol. The molecule has 0 saturated carbocycles. The largest absolute Gasteiger partial charge is 0.497 e. The molecule has 0 atom stereocenters. The number of carbonyl (C=O) groups excluding carboxylic acids is 2. The summed E-state index contributed by atoms with van der Waals surface area (Å²) in [6.45, 7) is 9.49. The van der Waals surface area contributed by atoms with Crippen molar-refractivity contribution in [2.45, 2.75) is 20.4 Å². The number of benzene rings is 2. The summed E-state index contributed by atoms with van der Waals surface area (Å²) in [6.07, 6.45) is 0. The Bertz CT molecular complexity index is 931. The lowest BCUT2D eigenvalue weighted by atomic mass is 10.1. The number of hydrogen-bond donors (Lipinski definition) is 0. The van der Waals surface area contributed by atoms with E-state index >= 15 is 0 Å². The molecule has 2 heterocycles.